The van der Waals surface area contributed by atoms with Crippen molar-refractivity contribution in [2.45, 2.75) is 36.6 Å². The average molecular weight is 448 g/mol. The zero-order chi connectivity index (χ0) is 22.1. The summed E-state index contributed by atoms with van der Waals surface area (Å²) in [5, 5.41) is 27.4. The van der Waals surface area contributed by atoms with Crippen LogP contribution in [0.25, 0.3) is 16.1 Å². The fourth-order valence-corrected chi connectivity index (χ4v) is 3.60. The number of hydrogen-bond donors (Lipinski definition) is 2. The van der Waals surface area contributed by atoms with E-state index in [0.717, 1.165) is 22.9 Å². The van der Waals surface area contributed by atoms with Gasteiger partial charge in [0, 0.05) is 23.2 Å². The van der Waals surface area contributed by atoms with Crippen molar-refractivity contribution in [3.8, 4) is 5.69 Å². The minimum Gasteiger partial charge on any atom is -0.394 e. The Hall–Kier alpha value is -2.34. The van der Waals surface area contributed by atoms with E-state index in [9.17, 15) is 23.4 Å². The third-order valence-electron chi connectivity index (χ3n) is 4.78. The van der Waals surface area contributed by atoms with Crippen LogP contribution in [-0.4, -0.2) is 58.1 Å². The number of aliphatic hydroxyl groups is 2. The standard InChI is InChI=1S/C17H17ClF3N5O4/c1-29-16-13(24-25-22)14(28)12(7-27)30-15(16)10-4-5-23-26(10)11-6-8(18)2-3-9(11)17(19,20)21/h2-6,12-16,27-28H,7H2,1H3/t12-,13+,14+,15+,16-/m1/s1. The molecule has 2 aromatic rings. The molecular weight excluding hydrogens is 431 g/mol. The van der Waals surface area contributed by atoms with Crippen molar-refractivity contribution >= 4 is 11.6 Å². The Kier molecular flexibility index (Phi) is 6.56. The first-order chi connectivity index (χ1) is 14.2. The molecule has 1 fully saturated rings. The Balaban J connectivity index is 2.14. The lowest BCUT2D eigenvalue weighted by Crippen LogP contribution is -2.55. The number of hydrogen-bond acceptors (Lipinski definition) is 6. The number of aromatic nitrogens is 2. The summed E-state index contributed by atoms with van der Waals surface area (Å²) >= 11 is 5.92. The topological polar surface area (TPSA) is 126 Å². The molecule has 1 aromatic heterocycles. The molecule has 1 aromatic carbocycles. The van der Waals surface area contributed by atoms with Crippen LogP contribution in [0.3, 0.4) is 0 Å². The second-order valence-corrected chi connectivity index (χ2v) is 6.93. The van der Waals surface area contributed by atoms with Gasteiger partial charge in [-0.15, -0.1) is 0 Å². The van der Waals surface area contributed by atoms with Gasteiger partial charge in [-0.05, 0) is 29.8 Å². The van der Waals surface area contributed by atoms with Gasteiger partial charge in [-0.25, -0.2) is 4.68 Å². The molecule has 0 aliphatic carbocycles. The van der Waals surface area contributed by atoms with Gasteiger partial charge >= 0.3 is 6.18 Å². The smallest absolute Gasteiger partial charge is 0.394 e. The largest absolute Gasteiger partial charge is 0.418 e. The molecule has 5 atom stereocenters. The average Bonchev–Trinajstić information content (AvgIpc) is 3.18. The molecule has 3 rings (SSSR count). The van der Waals surface area contributed by atoms with Gasteiger partial charge in [0.15, 0.2) is 0 Å². The van der Waals surface area contributed by atoms with Crippen molar-refractivity contribution < 1.29 is 32.9 Å². The van der Waals surface area contributed by atoms with E-state index in [1.54, 1.807) is 0 Å². The molecule has 13 heteroatoms. The third-order valence-corrected chi connectivity index (χ3v) is 5.02. The minimum absolute atomic E-state index is 0.0583. The van der Waals surface area contributed by atoms with Crippen LogP contribution < -0.4 is 0 Å². The van der Waals surface area contributed by atoms with Gasteiger partial charge in [0.05, 0.1) is 35.7 Å². The van der Waals surface area contributed by atoms with E-state index >= 15 is 0 Å². The minimum atomic E-state index is -4.69. The van der Waals surface area contributed by atoms with Crippen molar-refractivity contribution in [2.24, 2.45) is 5.11 Å². The van der Waals surface area contributed by atoms with Crippen LogP contribution in [0, 0.1) is 0 Å². The Morgan fingerprint density at radius 1 is 1.40 bits per heavy atom. The maximum atomic E-state index is 13.6. The fourth-order valence-electron chi connectivity index (χ4n) is 3.44. The summed E-state index contributed by atoms with van der Waals surface area (Å²) in [6.07, 6.45) is -8.17. The van der Waals surface area contributed by atoms with Crippen molar-refractivity contribution in [3.05, 3.63) is 57.2 Å². The van der Waals surface area contributed by atoms with Crippen molar-refractivity contribution in [3.63, 3.8) is 0 Å². The molecule has 0 saturated carbocycles. The second-order valence-electron chi connectivity index (χ2n) is 6.49. The number of ether oxygens (including phenoxy) is 2. The summed E-state index contributed by atoms with van der Waals surface area (Å²) in [5.74, 6) is 0. The van der Waals surface area contributed by atoms with Crippen LogP contribution in [0.1, 0.15) is 17.4 Å². The summed E-state index contributed by atoms with van der Waals surface area (Å²) in [4.78, 5) is 2.69. The van der Waals surface area contributed by atoms with E-state index < -0.39 is 48.8 Å². The highest BCUT2D eigenvalue weighted by Crippen LogP contribution is 2.39. The molecule has 0 unspecified atom stereocenters. The van der Waals surface area contributed by atoms with Gasteiger partial charge in [0.25, 0.3) is 0 Å². The van der Waals surface area contributed by atoms with Gasteiger partial charge in [0.2, 0.25) is 0 Å². The van der Waals surface area contributed by atoms with Crippen LogP contribution in [0.2, 0.25) is 5.02 Å². The van der Waals surface area contributed by atoms with Crippen LogP contribution in [-0.2, 0) is 15.7 Å². The molecule has 0 bridgehead atoms. The second kappa shape index (κ2) is 8.80. The molecule has 0 radical (unpaired) electrons. The normalized spacial score (nSPS) is 27.0. The molecule has 1 saturated heterocycles. The number of benzene rings is 1. The summed E-state index contributed by atoms with van der Waals surface area (Å²) < 4.78 is 52.7. The summed E-state index contributed by atoms with van der Waals surface area (Å²) in [6, 6.07) is 3.29. The van der Waals surface area contributed by atoms with Crippen LogP contribution >= 0.6 is 11.6 Å². The SMILES string of the molecule is CO[C@@H]1[C@@H](N=[N+]=[N-])[C@@H](O)[C@@H](CO)O[C@H]1c1ccnn1-c1cc(Cl)ccc1C(F)(F)F. The lowest BCUT2D eigenvalue weighted by Gasteiger charge is -2.42. The van der Waals surface area contributed by atoms with Gasteiger partial charge in [0.1, 0.15) is 18.3 Å². The summed E-state index contributed by atoms with van der Waals surface area (Å²) in [5.41, 5.74) is 7.64. The molecule has 30 heavy (non-hydrogen) atoms. The quantitative estimate of drug-likeness (QED) is 0.414. The molecule has 162 valence electrons. The van der Waals surface area contributed by atoms with Crippen LogP contribution in [0.5, 0.6) is 0 Å². The molecule has 1 aliphatic rings. The zero-order valence-electron chi connectivity index (χ0n) is 15.4. The number of rotatable bonds is 5. The number of alkyl halides is 3. The molecular formula is C17H17ClF3N5O4. The van der Waals surface area contributed by atoms with Crippen LogP contribution in [0.15, 0.2) is 35.6 Å². The van der Waals surface area contributed by atoms with Crippen molar-refractivity contribution in [1.82, 2.24) is 9.78 Å². The first kappa shape index (κ1) is 22.3. The Bertz CT molecular complexity index is 950. The molecule has 9 nitrogen and oxygen atoms in total. The van der Waals surface area contributed by atoms with E-state index in [-0.39, 0.29) is 16.4 Å². The van der Waals surface area contributed by atoms with Crippen molar-refractivity contribution in [1.29, 1.82) is 0 Å². The molecule has 0 amide bonds. The van der Waals surface area contributed by atoms with Gasteiger partial charge in [-0.2, -0.15) is 18.3 Å². The van der Waals surface area contributed by atoms with Gasteiger partial charge < -0.3 is 19.7 Å². The number of aliphatic hydroxyl groups excluding tert-OH is 2. The lowest BCUT2D eigenvalue weighted by atomic mass is 9.91. The first-order valence-electron chi connectivity index (χ1n) is 8.65. The lowest BCUT2D eigenvalue weighted by molar-refractivity contribution is -0.199. The monoisotopic (exact) mass is 447 g/mol. The molecule has 0 spiro atoms. The van der Waals surface area contributed by atoms with E-state index in [4.69, 9.17) is 26.6 Å². The van der Waals surface area contributed by atoms with Crippen molar-refractivity contribution in [2.75, 3.05) is 13.7 Å². The van der Waals surface area contributed by atoms with E-state index in [0.29, 0.717) is 0 Å². The Morgan fingerprint density at radius 2 is 2.13 bits per heavy atom. The van der Waals surface area contributed by atoms with Gasteiger partial charge in [-0.1, -0.05) is 16.7 Å². The van der Waals surface area contributed by atoms with Crippen LogP contribution in [0.4, 0.5) is 13.2 Å². The number of nitrogens with zero attached hydrogens (tertiary/aromatic N) is 5. The zero-order valence-corrected chi connectivity index (χ0v) is 16.2. The Labute approximate surface area is 173 Å². The van der Waals surface area contributed by atoms with E-state index in [1.165, 1.54) is 19.4 Å². The third kappa shape index (κ3) is 4.10. The Morgan fingerprint density at radius 3 is 2.73 bits per heavy atom. The molecule has 2 heterocycles. The predicted molar refractivity (Wildman–Crippen MR) is 98.0 cm³/mol. The maximum Gasteiger partial charge on any atom is 0.418 e. The van der Waals surface area contributed by atoms with E-state index in [2.05, 4.69) is 15.1 Å². The van der Waals surface area contributed by atoms with E-state index in [1.807, 2.05) is 0 Å². The maximum absolute atomic E-state index is 13.6. The number of halogens is 4. The highest BCUT2D eigenvalue weighted by molar-refractivity contribution is 6.30. The fraction of sp³-hybridized carbons (Fsp3) is 0.471. The highest BCUT2D eigenvalue weighted by Gasteiger charge is 2.47. The predicted octanol–water partition coefficient (Wildman–Crippen LogP) is 3.03. The first-order valence-corrected chi connectivity index (χ1v) is 9.03. The summed E-state index contributed by atoms with van der Waals surface area (Å²) in [6.45, 7) is -0.620. The molecule has 2 N–H and O–H groups in total. The van der Waals surface area contributed by atoms with Gasteiger partial charge in [-0.3, -0.25) is 0 Å². The summed E-state index contributed by atoms with van der Waals surface area (Å²) in [7, 11) is 1.27. The number of azide groups is 1. The highest BCUT2D eigenvalue weighted by atomic mass is 35.5. The molecule has 1 aliphatic heterocycles. The number of methoxy groups -OCH3 is 1.